The number of ether oxygens (including phenoxy) is 1. The van der Waals surface area contributed by atoms with E-state index in [0.29, 0.717) is 6.61 Å². The van der Waals surface area contributed by atoms with Crippen LogP contribution < -0.4 is 5.32 Å². The number of imidazole rings is 1. The van der Waals surface area contributed by atoms with Gasteiger partial charge in [0.1, 0.15) is 0 Å². The Morgan fingerprint density at radius 2 is 2.00 bits per heavy atom. The van der Waals surface area contributed by atoms with Gasteiger partial charge in [-0.2, -0.15) is 0 Å². The van der Waals surface area contributed by atoms with E-state index in [0.717, 1.165) is 5.95 Å². The molecule has 0 aliphatic rings. The van der Waals surface area contributed by atoms with Crippen molar-refractivity contribution in [2.75, 3.05) is 19.0 Å². The highest BCUT2D eigenvalue weighted by atomic mass is 16.5. The zero-order chi connectivity index (χ0) is 13.7. The average molecular weight is 259 g/mol. The van der Waals surface area contributed by atoms with Gasteiger partial charge in [-0.15, -0.1) is 0 Å². The number of benzene rings is 1. The van der Waals surface area contributed by atoms with Crippen molar-refractivity contribution in [3.05, 3.63) is 48.3 Å². The third-order valence-corrected chi connectivity index (χ3v) is 3.16. The first-order valence-electron chi connectivity index (χ1n) is 6.55. The Kier molecular flexibility index (Phi) is 4.58. The van der Waals surface area contributed by atoms with Crippen LogP contribution in [0.1, 0.15) is 25.5 Å². The van der Waals surface area contributed by atoms with Gasteiger partial charge in [-0.05, 0) is 19.4 Å². The Hall–Kier alpha value is -1.81. The molecule has 0 aliphatic heterocycles. The normalized spacial score (nSPS) is 14.1. The molecule has 2 rings (SSSR count). The minimum absolute atomic E-state index is 0.231. The van der Waals surface area contributed by atoms with E-state index in [4.69, 9.17) is 4.74 Å². The second-order valence-electron chi connectivity index (χ2n) is 4.75. The molecule has 1 aromatic carbocycles. The molecule has 2 aromatic rings. The number of rotatable bonds is 6. The monoisotopic (exact) mass is 259 g/mol. The summed E-state index contributed by atoms with van der Waals surface area (Å²) in [7, 11) is 1.71. The van der Waals surface area contributed by atoms with E-state index in [1.54, 1.807) is 7.11 Å². The van der Waals surface area contributed by atoms with Crippen molar-refractivity contribution in [2.24, 2.45) is 0 Å². The van der Waals surface area contributed by atoms with Crippen molar-refractivity contribution in [2.45, 2.75) is 25.9 Å². The maximum absolute atomic E-state index is 5.14. The molecule has 0 aliphatic carbocycles. The largest absolute Gasteiger partial charge is 0.383 e. The molecule has 0 spiro atoms. The molecule has 4 nitrogen and oxygen atoms in total. The molecule has 0 saturated heterocycles. The Labute approximate surface area is 114 Å². The molecule has 0 radical (unpaired) electrons. The summed E-state index contributed by atoms with van der Waals surface area (Å²) in [6.45, 7) is 4.91. The summed E-state index contributed by atoms with van der Waals surface area (Å²) < 4.78 is 7.28. The maximum atomic E-state index is 5.14. The molecule has 0 fully saturated rings. The number of methoxy groups -OCH3 is 1. The van der Waals surface area contributed by atoms with Gasteiger partial charge in [0.25, 0.3) is 0 Å². The lowest BCUT2D eigenvalue weighted by atomic mass is 10.1. The first kappa shape index (κ1) is 13.6. The topological polar surface area (TPSA) is 39.1 Å². The van der Waals surface area contributed by atoms with E-state index in [-0.39, 0.29) is 12.1 Å². The predicted molar refractivity (Wildman–Crippen MR) is 77.4 cm³/mol. The van der Waals surface area contributed by atoms with E-state index in [2.05, 4.69) is 53.0 Å². The van der Waals surface area contributed by atoms with Gasteiger partial charge in [-0.25, -0.2) is 4.98 Å². The molecule has 102 valence electrons. The predicted octanol–water partition coefficient (Wildman–Crippen LogP) is 2.94. The Morgan fingerprint density at radius 1 is 1.26 bits per heavy atom. The molecule has 1 heterocycles. The fraction of sp³-hybridized carbons (Fsp3) is 0.400. The molecule has 0 bridgehead atoms. The van der Waals surface area contributed by atoms with Crippen LogP contribution in [0.2, 0.25) is 0 Å². The van der Waals surface area contributed by atoms with Crippen LogP contribution in [0, 0.1) is 0 Å². The van der Waals surface area contributed by atoms with Gasteiger partial charge < -0.3 is 14.6 Å². The summed E-state index contributed by atoms with van der Waals surface area (Å²) in [4.78, 5) is 4.38. The minimum atomic E-state index is 0.231. The summed E-state index contributed by atoms with van der Waals surface area (Å²) in [5.41, 5.74) is 1.27. The van der Waals surface area contributed by atoms with E-state index in [1.807, 2.05) is 18.5 Å². The first-order valence-corrected chi connectivity index (χ1v) is 6.55. The molecule has 2 atom stereocenters. The minimum Gasteiger partial charge on any atom is -0.383 e. The van der Waals surface area contributed by atoms with Crippen molar-refractivity contribution in [1.82, 2.24) is 9.55 Å². The van der Waals surface area contributed by atoms with Crippen molar-refractivity contribution >= 4 is 5.95 Å². The summed E-state index contributed by atoms with van der Waals surface area (Å²) in [6.07, 6.45) is 3.82. The van der Waals surface area contributed by atoms with E-state index < -0.39 is 0 Å². The quantitative estimate of drug-likeness (QED) is 0.867. The van der Waals surface area contributed by atoms with E-state index >= 15 is 0 Å². The van der Waals surface area contributed by atoms with Crippen molar-refractivity contribution in [3.63, 3.8) is 0 Å². The number of aromatic nitrogens is 2. The smallest absolute Gasteiger partial charge is 0.203 e. The van der Waals surface area contributed by atoms with Crippen LogP contribution in [0.3, 0.4) is 0 Å². The van der Waals surface area contributed by atoms with Crippen molar-refractivity contribution in [3.8, 4) is 0 Å². The van der Waals surface area contributed by atoms with E-state index in [9.17, 15) is 0 Å². The third kappa shape index (κ3) is 3.35. The zero-order valence-electron chi connectivity index (χ0n) is 11.7. The fourth-order valence-corrected chi connectivity index (χ4v) is 2.14. The van der Waals surface area contributed by atoms with Crippen molar-refractivity contribution < 1.29 is 4.74 Å². The van der Waals surface area contributed by atoms with Gasteiger partial charge in [-0.1, -0.05) is 30.3 Å². The van der Waals surface area contributed by atoms with Crippen LogP contribution >= 0.6 is 0 Å². The molecular weight excluding hydrogens is 238 g/mol. The van der Waals surface area contributed by atoms with Crippen LogP contribution in [-0.4, -0.2) is 29.3 Å². The fourth-order valence-electron chi connectivity index (χ4n) is 2.14. The highest BCUT2D eigenvalue weighted by Gasteiger charge is 2.13. The van der Waals surface area contributed by atoms with E-state index in [1.165, 1.54) is 5.56 Å². The molecular formula is C15H21N3O. The second kappa shape index (κ2) is 6.38. The molecule has 1 aromatic heterocycles. The lowest BCUT2D eigenvalue weighted by molar-refractivity contribution is 0.190. The van der Waals surface area contributed by atoms with Gasteiger partial charge in [0, 0.05) is 25.5 Å². The Balaban J connectivity index is 2.15. The maximum Gasteiger partial charge on any atom is 0.203 e. The number of nitrogens with one attached hydrogen (secondary N) is 1. The van der Waals surface area contributed by atoms with Gasteiger partial charge in [0.2, 0.25) is 5.95 Å². The van der Waals surface area contributed by atoms with Crippen LogP contribution in [0.4, 0.5) is 5.95 Å². The standard InChI is InChI=1S/C15H21N3O/c1-12(11-19-3)17-15-16-9-10-18(15)13(2)14-7-5-4-6-8-14/h4-10,12-13H,11H2,1-3H3,(H,16,17). The van der Waals surface area contributed by atoms with Gasteiger partial charge >= 0.3 is 0 Å². The highest BCUT2D eigenvalue weighted by molar-refractivity contribution is 5.31. The lowest BCUT2D eigenvalue weighted by Gasteiger charge is -2.20. The summed E-state index contributed by atoms with van der Waals surface area (Å²) in [6, 6.07) is 10.9. The first-order chi connectivity index (χ1) is 9.22. The number of anilines is 1. The SMILES string of the molecule is COCC(C)Nc1nccn1C(C)c1ccccc1. The van der Waals surface area contributed by atoms with Crippen LogP contribution in [-0.2, 0) is 4.74 Å². The van der Waals surface area contributed by atoms with Crippen LogP contribution in [0.25, 0.3) is 0 Å². The average Bonchev–Trinajstić information content (AvgIpc) is 2.87. The third-order valence-electron chi connectivity index (χ3n) is 3.16. The molecule has 19 heavy (non-hydrogen) atoms. The number of hydrogen-bond donors (Lipinski definition) is 1. The molecule has 4 heteroatoms. The summed E-state index contributed by atoms with van der Waals surface area (Å²) in [5.74, 6) is 0.876. The summed E-state index contributed by atoms with van der Waals surface area (Å²) >= 11 is 0. The van der Waals surface area contributed by atoms with Crippen molar-refractivity contribution in [1.29, 1.82) is 0 Å². The molecule has 2 unspecified atom stereocenters. The number of nitrogens with zero attached hydrogens (tertiary/aromatic N) is 2. The lowest BCUT2D eigenvalue weighted by Crippen LogP contribution is -2.24. The van der Waals surface area contributed by atoms with Crippen LogP contribution in [0.5, 0.6) is 0 Å². The molecule has 0 saturated carbocycles. The zero-order valence-corrected chi connectivity index (χ0v) is 11.7. The van der Waals surface area contributed by atoms with Crippen LogP contribution in [0.15, 0.2) is 42.7 Å². The van der Waals surface area contributed by atoms with Gasteiger partial charge in [0.05, 0.1) is 12.6 Å². The Bertz CT molecular complexity index is 495. The molecule has 0 amide bonds. The number of hydrogen-bond acceptors (Lipinski definition) is 3. The molecule has 1 N–H and O–H groups in total. The Morgan fingerprint density at radius 3 is 2.68 bits per heavy atom. The van der Waals surface area contributed by atoms with Gasteiger partial charge in [-0.3, -0.25) is 0 Å². The highest BCUT2D eigenvalue weighted by Crippen LogP contribution is 2.21. The van der Waals surface area contributed by atoms with Gasteiger partial charge in [0.15, 0.2) is 0 Å². The second-order valence-corrected chi connectivity index (χ2v) is 4.75. The summed E-state index contributed by atoms with van der Waals surface area (Å²) in [5, 5.41) is 3.37.